The Morgan fingerprint density at radius 1 is 1.11 bits per heavy atom. The Kier molecular flexibility index (Phi) is 2.59. The summed E-state index contributed by atoms with van der Waals surface area (Å²) in [6.45, 7) is 3.74. The molecule has 3 heterocycles. The molecule has 0 aliphatic carbocycles. The zero-order valence-electron chi connectivity index (χ0n) is 10.9. The molecule has 0 spiro atoms. The summed E-state index contributed by atoms with van der Waals surface area (Å²) >= 11 is 0. The molecule has 19 heavy (non-hydrogen) atoms. The van der Waals surface area contributed by atoms with Gasteiger partial charge < -0.3 is 5.32 Å². The van der Waals surface area contributed by atoms with Crippen molar-refractivity contribution in [2.75, 3.05) is 12.4 Å². The predicted molar refractivity (Wildman–Crippen MR) is 71.3 cm³/mol. The second-order valence-corrected chi connectivity index (χ2v) is 4.20. The van der Waals surface area contributed by atoms with Gasteiger partial charge in [-0.3, -0.25) is 0 Å². The van der Waals surface area contributed by atoms with Gasteiger partial charge in [0, 0.05) is 7.05 Å². The predicted octanol–water partition coefficient (Wildman–Crippen LogP) is 1.26. The standard InChI is InChI=1S/C12H13N7/c1-7-4-5-10(18-17-7)19-12-9(6-14-19)11(13-3)15-8(2)16-12/h4-6H,1-3H3,(H,13,15,16). The van der Waals surface area contributed by atoms with Crippen molar-refractivity contribution in [3.05, 3.63) is 29.8 Å². The summed E-state index contributed by atoms with van der Waals surface area (Å²) in [5.74, 6) is 2.08. The number of anilines is 1. The van der Waals surface area contributed by atoms with Crippen LogP contribution in [0, 0.1) is 13.8 Å². The van der Waals surface area contributed by atoms with E-state index < -0.39 is 0 Å². The third kappa shape index (κ3) is 1.88. The van der Waals surface area contributed by atoms with Crippen LogP contribution in [0.5, 0.6) is 0 Å². The van der Waals surface area contributed by atoms with Gasteiger partial charge in [-0.1, -0.05) is 0 Å². The maximum Gasteiger partial charge on any atom is 0.178 e. The highest BCUT2D eigenvalue weighted by atomic mass is 15.4. The zero-order chi connectivity index (χ0) is 13.4. The van der Waals surface area contributed by atoms with Crippen molar-refractivity contribution in [2.24, 2.45) is 0 Å². The molecule has 1 N–H and O–H groups in total. The minimum Gasteiger partial charge on any atom is -0.372 e. The molecule has 0 saturated carbocycles. The summed E-state index contributed by atoms with van der Waals surface area (Å²) in [5.41, 5.74) is 1.58. The van der Waals surface area contributed by atoms with E-state index in [1.165, 1.54) is 0 Å². The van der Waals surface area contributed by atoms with Crippen LogP contribution < -0.4 is 5.32 Å². The summed E-state index contributed by atoms with van der Waals surface area (Å²) in [6.07, 6.45) is 1.72. The largest absolute Gasteiger partial charge is 0.372 e. The highest BCUT2D eigenvalue weighted by Gasteiger charge is 2.12. The lowest BCUT2D eigenvalue weighted by atomic mass is 10.4. The van der Waals surface area contributed by atoms with Crippen molar-refractivity contribution < 1.29 is 0 Å². The molecule has 0 radical (unpaired) electrons. The second-order valence-electron chi connectivity index (χ2n) is 4.20. The lowest BCUT2D eigenvalue weighted by Crippen LogP contribution is -2.04. The molecule has 0 unspecified atom stereocenters. The fourth-order valence-corrected chi connectivity index (χ4v) is 1.88. The van der Waals surface area contributed by atoms with E-state index in [-0.39, 0.29) is 0 Å². The molecule has 7 heteroatoms. The molecule has 3 rings (SSSR count). The van der Waals surface area contributed by atoms with E-state index >= 15 is 0 Å². The van der Waals surface area contributed by atoms with Gasteiger partial charge in [-0.15, -0.1) is 5.10 Å². The average Bonchev–Trinajstić information content (AvgIpc) is 2.82. The Hall–Kier alpha value is -2.57. The Morgan fingerprint density at radius 2 is 1.95 bits per heavy atom. The Labute approximate surface area is 109 Å². The van der Waals surface area contributed by atoms with Gasteiger partial charge in [-0.25, -0.2) is 9.97 Å². The van der Waals surface area contributed by atoms with Crippen LogP contribution in [0.3, 0.4) is 0 Å². The number of rotatable bonds is 2. The SMILES string of the molecule is CNc1nc(C)nc2c1cnn2-c1ccc(C)nn1. The van der Waals surface area contributed by atoms with Crippen LogP contribution in [0.1, 0.15) is 11.5 Å². The normalized spacial score (nSPS) is 10.9. The highest BCUT2D eigenvalue weighted by Crippen LogP contribution is 2.21. The van der Waals surface area contributed by atoms with Crippen molar-refractivity contribution in [1.29, 1.82) is 0 Å². The van der Waals surface area contributed by atoms with Crippen LogP contribution in [-0.2, 0) is 0 Å². The number of hydrogen-bond donors (Lipinski definition) is 1. The maximum absolute atomic E-state index is 4.42. The van der Waals surface area contributed by atoms with Crippen LogP contribution in [0.15, 0.2) is 18.3 Å². The topological polar surface area (TPSA) is 81.4 Å². The monoisotopic (exact) mass is 255 g/mol. The molecule has 0 aliphatic rings. The van der Waals surface area contributed by atoms with Gasteiger partial charge in [0.05, 0.1) is 17.3 Å². The average molecular weight is 255 g/mol. The van der Waals surface area contributed by atoms with Gasteiger partial charge in [0.1, 0.15) is 11.6 Å². The first-order chi connectivity index (χ1) is 9.19. The fraction of sp³-hybridized carbons (Fsp3) is 0.250. The summed E-state index contributed by atoms with van der Waals surface area (Å²) < 4.78 is 1.66. The summed E-state index contributed by atoms with van der Waals surface area (Å²) in [5, 5.41) is 16.4. The second kappa shape index (κ2) is 4.27. The third-order valence-electron chi connectivity index (χ3n) is 2.78. The molecular weight excluding hydrogens is 242 g/mol. The van der Waals surface area contributed by atoms with Crippen LogP contribution in [-0.4, -0.2) is 37.0 Å². The summed E-state index contributed by atoms with van der Waals surface area (Å²) in [4.78, 5) is 8.75. The first kappa shape index (κ1) is 11.5. The molecule has 96 valence electrons. The van der Waals surface area contributed by atoms with E-state index in [4.69, 9.17) is 0 Å². The van der Waals surface area contributed by atoms with Gasteiger partial charge >= 0.3 is 0 Å². The smallest absolute Gasteiger partial charge is 0.178 e. The van der Waals surface area contributed by atoms with Crippen LogP contribution in [0.25, 0.3) is 16.9 Å². The number of nitrogens with one attached hydrogen (secondary N) is 1. The molecule has 3 aromatic heterocycles. The number of nitrogens with zero attached hydrogens (tertiary/aromatic N) is 6. The van der Waals surface area contributed by atoms with E-state index in [1.54, 1.807) is 10.9 Å². The first-order valence-electron chi connectivity index (χ1n) is 5.90. The van der Waals surface area contributed by atoms with Gasteiger partial charge in [-0.05, 0) is 26.0 Å². The molecule has 0 atom stereocenters. The third-order valence-corrected chi connectivity index (χ3v) is 2.78. The van der Waals surface area contributed by atoms with Gasteiger partial charge in [0.15, 0.2) is 11.5 Å². The van der Waals surface area contributed by atoms with Crippen molar-refractivity contribution in [1.82, 2.24) is 29.9 Å². The molecule has 0 saturated heterocycles. The quantitative estimate of drug-likeness (QED) is 0.742. The Morgan fingerprint density at radius 3 is 2.63 bits per heavy atom. The Bertz CT molecular complexity index is 730. The fourth-order valence-electron chi connectivity index (χ4n) is 1.88. The molecule has 0 amide bonds. The number of fused-ring (bicyclic) bond motifs is 1. The summed E-state index contributed by atoms with van der Waals surface area (Å²) in [7, 11) is 1.82. The number of aryl methyl sites for hydroxylation is 2. The lowest BCUT2D eigenvalue weighted by Gasteiger charge is -2.04. The van der Waals surface area contributed by atoms with E-state index in [9.17, 15) is 0 Å². The minimum absolute atomic E-state index is 0.640. The van der Waals surface area contributed by atoms with E-state index in [0.717, 1.165) is 22.5 Å². The highest BCUT2D eigenvalue weighted by molar-refractivity contribution is 5.87. The Balaban J connectivity index is 2.25. The van der Waals surface area contributed by atoms with Gasteiger partial charge in [0.25, 0.3) is 0 Å². The van der Waals surface area contributed by atoms with Gasteiger partial charge in [0.2, 0.25) is 0 Å². The minimum atomic E-state index is 0.640. The molecule has 0 fully saturated rings. The van der Waals surface area contributed by atoms with Crippen molar-refractivity contribution in [2.45, 2.75) is 13.8 Å². The molecule has 0 bridgehead atoms. The van der Waals surface area contributed by atoms with Crippen LogP contribution in [0.4, 0.5) is 5.82 Å². The van der Waals surface area contributed by atoms with Crippen LogP contribution in [0.2, 0.25) is 0 Å². The number of hydrogen-bond acceptors (Lipinski definition) is 6. The van der Waals surface area contributed by atoms with Gasteiger partial charge in [-0.2, -0.15) is 14.9 Å². The lowest BCUT2D eigenvalue weighted by molar-refractivity contribution is 0.816. The molecule has 7 nitrogen and oxygen atoms in total. The van der Waals surface area contributed by atoms with Crippen LogP contribution >= 0.6 is 0 Å². The number of aromatic nitrogens is 6. The molecular formula is C12H13N7. The summed E-state index contributed by atoms with van der Waals surface area (Å²) in [6, 6.07) is 3.76. The first-order valence-corrected chi connectivity index (χ1v) is 5.90. The molecule has 0 aliphatic heterocycles. The molecule has 0 aromatic carbocycles. The maximum atomic E-state index is 4.42. The van der Waals surface area contributed by atoms with Crippen molar-refractivity contribution in [3.8, 4) is 5.82 Å². The van der Waals surface area contributed by atoms with E-state index in [1.807, 2.05) is 33.0 Å². The van der Waals surface area contributed by atoms with Crippen molar-refractivity contribution in [3.63, 3.8) is 0 Å². The zero-order valence-corrected chi connectivity index (χ0v) is 10.9. The van der Waals surface area contributed by atoms with E-state index in [0.29, 0.717) is 11.6 Å². The van der Waals surface area contributed by atoms with Crippen molar-refractivity contribution >= 4 is 16.9 Å². The molecule has 3 aromatic rings. The van der Waals surface area contributed by atoms with E-state index in [2.05, 4.69) is 30.6 Å².